The van der Waals surface area contributed by atoms with Crippen molar-refractivity contribution in [2.24, 2.45) is 5.92 Å². The predicted octanol–water partition coefficient (Wildman–Crippen LogP) is 4.13. The van der Waals surface area contributed by atoms with Crippen molar-refractivity contribution in [1.82, 2.24) is 9.88 Å². The van der Waals surface area contributed by atoms with Crippen molar-refractivity contribution in [3.05, 3.63) is 11.1 Å². The van der Waals surface area contributed by atoms with Gasteiger partial charge < -0.3 is 10.2 Å². The van der Waals surface area contributed by atoms with E-state index in [2.05, 4.69) is 10.3 Å². The zero-order valence-corrected chi connectivity index (χ0v) is 15.9. The summed E-state index contributed by atoms with van der Waals surface area (Å²) >= 11 is 1.43. The molecule has 2 aliphatic carbocycles. The number of nitrogens with zero attached hydrogens (tertiary/aromatic N) is 2. The molecule has 5 nitrogen and oxygen atoms in total. The summed E-state index contributed by atoms with van der Waals surface area (Å²) in [6.45, 7) is 2.08. The Morgan fingerprint density at radius 1 is 1.12 bits per heavy atom. The van der Waals surface area contributed by atoms with Crippen molar-refractivity contribution >= 4 is 28.3 Å². The van der Waals surface area contributed by atoms with E-state index in [0.29, 0.717) is 5.13 Å². The highest BCUT2D eigenvalue weighted by Crippen LogP contribution is 2.29. The fourth-order valence-electron chi connectivity index (χ4n) is 4.09. The summed E-state index contributed by atoms with van der Waals surface area (Å²) < 4.78 is 0. The van der Waals surface area contributed by atoms with Gasteiger partial charge in [0.25, 0.3) is 0 Å². The first-order chi connectivity index (χ1) is 12.1. The highest BCUT2D eigenvalue weighted by atomic mass is 32.1. The van der Waals surface area contributed by atoms with Gasteiger partial charge in [-0.2, -0.15) is 0 Å². The second kappa shape index (κ2) is 8.79. The number of aryl methyl sites for hydroxylation is 1. The summed E-state index contributed by atoms with van der Waals surface area (Å²) in [4.78, 5) is 31.8. The average molecular weight is 364 g/mol. The smallest absolute Gasteiger partial charge is 0.245 e. The van der Waals surface area contributed by atoms with Crippen molar-refractivity contribution < 1.29 is 9.59 Å². The van der Waals surface area contributed by atoms with Crippen LogP contribution in [0.4, 0.5) is 5.13 Å². The van der Waals surface area contributed by atoms with Crippen LogP contribution in [0.3, 0.4) is 0 Å². The number of hydrogen-bond donors (Lipinski definition) is 1. The minimum Gasteiger partial charge on any atom is -0.330 e. The maximum atomic E-state index is 13.1. The molecule has 1 aromatic rings. The number of thiazole rings is 1. The molecule has 2 amide bonds. The highest BCUT2D eigenvalue weighted by molar-refractivity contribution is 7.13. The van der Waals surface area contributed by atoms with E-state index in [0.717, 1.165) is 57.1 Å². The van der Waals surface area contributed by atoms with Crippen molar-refractivity contribution in [2.75, 3.05) is 11.9 Å². The van der Waals surface area contributed by atoms with Crippen LogP contribution >= 0.6 is 11.3 Å². The molecule has 6 heteroatoms. The minimum absolute atomic E-state index is 0.116. The van der Waals surface area contributed by atoms with Crippen LogP contribution in [0.5, 0.6) is 0 Å². The molecule has 0 radical (unpaired) electrons. The second-order valence-corrected chi connectivity index (χ2v) is 8.29. The molecule has 0 bridgehead atoms. The standard InChI is InChI=1S/C19H29N3O2S/c1-14-13-25-19(20-14)21-17(23)12-22(16-10-6-3-7-11-16)18(24)15-8-4-2-5-9-15/h13,15-16H,2-12H2,1H3,(H,20,21,23). The van der Waals surface area contributed by atoms with Gasteiger partial charge in [-0.05, 0) is 32.6 Å². The lowest BCUT2D eigenvalue weighted by Crippen LogP contribution is -2.48. The zero-order valence-electron chi connectivity index (χ0n) is 15.1. The Balaban J connectivity index is 1.66. The first kappa shape index (κ1) is 18.4. The van der Waals surface area contributed by atoms with Gasteiger partial charge in [-0.25, -0.2) is 4.98 Å². The molecule has 0 unspecified atom stereocenters. The number of nitrogens with one attached hydrogen (secondary N) is 1. The number of anilines is 1. The van der Waals surface area contributed by atoms with E-state index in [4.69, 9.17) is 0 Å². The van der Waals surface area contributed by atoms with Gasteiger partial charge in [0.15, 0.2) is 5.13 Å². The molecule has 25 heavy (non-hydrogen) atoms. The molecule has 2 fully saturated rings. The van der Waals surface area contributed by atoms with E-state index in [1.165, 1.54) is 24.2 Å². The van der Waals surface area contributed by atoms with Crippen molar-refractivity contribution in [1.29, 1.82) is 0 Å². The normalized spacial score (nSPS) is 19.6. The van der Waals surface area contributed by atoms with Gasteiger partial charge in [0, 0.05) is 17.3 Å². The first-order valence-corrected chi connectivity index (χ1v) is 10.5. The van der Waals surface area contributed by atoms with E-state index < -0.39 is 0 Å². The highest BCUT2D eigenvalue weighted by Gasteiger charge is 2.32. The number of amides is 2. The van der Waals surface area contributed by atoms with E-state index in [-0.39, 0.29) is 30.3 Å². The molecule has 0 spiro atoms. The molecule has 0 saturated heterocycles. The van der Waals surface area contributed by atoms with Gasteiger partial charge in [-0.3, -0.25) is 9.59 Å². The Morgan fingerprint density at radius 3 is 2.36 bits per heavy atom. The van der Waals surface area contributed by atoms with Gasteiger partial charge in [0.2, 0.25) is 11.8 Å². The van der Waals surface area contributed by atoms with Gasteiger partial charge in [-0.1, -0.05) is 38.5 Å². The maximum Gasteiger partial charge on any atom is 0.245 e. The van der Waals surface area contributed by atoms with Crippen LogP contribution in [0.1, 0.15) is 69.9 Å². The molecule has 0 aromatic carbocycles. The second-order valence-electron chi connectivity index (χ2n) is 7.44. The molecule has 0 atom stereocenters. The average Bonchev–Trinajstić information content (AvgIpc) is 3.05. The van der Waals surface area contributed by atoms with E-state index >= 15 is 0 Å². The molecule has 1 aromatic heterocycles. The monoisotopic (exact) mass is 363 g/mol. The topological polar surface area (TPSA) is 62.3 Å². The summed E-state index contributed by atoms with van der Waals surface area (Å²) in [6, 6.07) is 0.229. The van der Waals surface area contributed by atoms with E-state index in [1.807, 2.05) is 17.2 Å². The fraction of sp³-hybridized carbons (Fsp3) is 0.737. The molecule has 138 valence electrons. The lowest BCUT2D eigenvalue weighted by Gasteiger charge is -2.37. The Bertz CT molecular complexity index is 589. The number of hydrogen-bond acceptors (Lipinski definition) is 4. The van der Waals surface area contributed by atoms with Crippen molar-refractivity contribution in [2.45, 2.75) is 77.2 Å². The molecule has 0 aliphatic heterocycles. The van der Waals surface area contributed by atoms with Crippen molar-refractivity contribution in [3.63, 3.8) is 0 Å². The summed E-state index contributed by atoms with van der Waals surface area (Å²) in [5, 5.41) is 5.40. The van der Waals surface area contributed by atoms with Crippen LogP contribution in [0.25, 0.3) is 0 Å². The van der Waals surface area contributed by atoms with Gasteiger partial charge in [0.05, 0.1) is 5.69 Å². The van der Waals surface area contributed by atoms with Crippen molar-refractivity contribution in [3.8, 4) is 0 Å². The quantitative estimate of drug-likeness (QED) is 0.855. The van der Waals surface area contributed by atoms with E-state index in [9.17, 15) is 9.59 Å². The lowest BCUT2D eigenvalue weighted by molar-refractivity contribution is -0.142. The third-order valence-electron chi connectivity index (χ3n) is 5.43. The molecule has 2 saturated carbocycles. The number of carbonyl (C=O) groups is 2. The van der Waals surface area contributed by atoms with Gasteiger partial charge >= 0.3 is 0 Å². The fourth-order valence-corrected chi connectivity index (χ4v) is 4.79. The Kier molecular flexibility index (Phi) is 6.45. The Hall–Kier alpha value is -1.43. The molecule has 2 aliphatic rings. The van der Waals surface area contributed by atoms with E-state index in [1.54, 1.807) is 0 Å². The zero-order chi connectivity index (χ0) is 17.6. The Morgan fingerprint density at radius 2 is 1.76 bits per heavy atom. The molecule has 3 rings (SSSR count). The summed E-state index contributed by atoms with van der Waals surface area (Å²) in [5.41, 5.74) is 0.905. The third-order valence-corrected chi connectivity index (χ3v) is 6.31. The lowest BCUT2D eigenvalue weighted by atomic mass is 9.86. The summed E-state index contributed by atoms with van der Waals surface area (Å²) in [5.74, 6) is 0.201. The first-order valence-electron chi connectivity index (χ1n) is 9.66. The minimum atomic E-state index is -0.121. The van der Waals surface area contributed by atoms with Crippen LogP contribution < -0.4 is 5.32 Å². The molecular weight excluding hydrogens is 334 g/mol. The molecular formula is C19H29N3O2S. The molecule has 1 N–H and O–H groups in total. The van der Waals surface area contributed by atoms with Crippen LogP contribution in [0, 0.1) is 12.8 Å². The number of aromatic nitrogens is 1. The summed E-state index contributed by atoms with van der Waals surface area (Å²) in [6.07, 6.45) is 11.1. The number of rotatable bonds is 5. The maximum absolute atomic E-state index is 13.1. The van der Waals surface area contributed by atoms with Crippen LogP contribution in [-0.2, 0) is 9.59 Å². The largest absolute Gasteiger partial charge is 0.330 e. The van der Waals surface area contributed by atoms with Crippen LogP contribution in [0.2, 0.25) is 0 Å². The van der Waals surface area contributed by atoms with Crippen LogP contribution in [0.15, 0.2) is 5.38 Å². The van der Waals surface area contributed by atoms with Gasteiger partial charge in [-0.15, -0.1) is 11.3 Å². The Labute approximate surface area is 154 Å². The predicted molar refractivity (Wildman–Crippen MR) is 101 cm³/mol. The van der Waals surface area contributed by atoms with Crippen LogP contribution in [-0.4, -0.2) is 34.3 Å². The SMILES string of the molecule is Cc1csc(NC(=O)CN(C(=O)C2CCCCC2)C2CCCCC2)n1. The summed E-state index contributed by atoms with van der Waals surface area (Å²) in [7, 11) is 0. The third kappa shape index (κ3) is 5.03. The molecule has 1 heterocycles. The van der Waals surface area contributed by atoms with Gasteiger partial charge in [0.1, 0.15) is 6.54 Å². The number of carbonyl (C=O) groups excluding carboxylic acids is 2.